The average molecular weight is 617 g/mol. The Hall–Kier alpha value is -4.23. The Kier molecular flexibility index (Phi) is 6.21. The average Bonchev–Trinajstić information content (AvgIpc) is 3.50. The summed E-state index contributed by atoms with van der Waals surface area (Å²) in [6.45, 7) is 1.53. The summed E-state index contributed by atoms with van der Waals surface area (Å²) >= 11 is 2.34. The topological polar surface area (TPSA) is 35.6 Å². The first kappa shape index (κ1) is 23.9. The van der Waals surface area contributed by atoms with E-state index in [4.69, 9.17) is 9.97 Å². The standard InChI is InChI=1S/C34H25IN4/c35-34-37-30-20-28(17-19-31(30)39(34)23-25-12-6-2-7-13-25)33-36-29-18-16-27(26-14-8-3-9-15-26)21-32(29)38(33)22-24-10-4-1-5-11-24/h1-21H,22-23H2. The highest BCUT2D eigenvalue weighted by Crippen LogP contribution is 2.32. The van der Waals surface area contributed by atoms with Crippen molar-refractivity contribution in [3.63, 3.8) is 0 Å². The smallest absolute Gasteiger partial charge is 0.172 e. The number of imidazole rings is 2. The maximum absolute atomic E-state index is 5.14. The van der Waals surface area contributed by atoms with E-state index in [0.717, 1.165) is 50.4 Å². The van der Waals surface area contributed by atoms with E-state index >= 15 is 0 Å². The Balaban J connectivity index is 1.36. The molecule has 5 aromatic carbocycles. The number of hydrogen-bond acceptors (Lipinski definition) is 2. The Bertz CT molecular complexity index is 1910. The molecule has 0 bridgehead atoms. The van der Waals surface area contributed by atoms with Gasteiger partial charge in [-0.25, -0.2) is 9.97 Å². The third-order valence-corrected chi connectivity index (χ3v) is 8.01. The van der Waals surface area contributed by atoms with Crippen LogP contribution in [0.25, 0.3) is 44.6 Å². The molecule has 7 aromatic rings. The van der Waals surface area contributed by atoms with Crippen molar-refractivity contribution in [2.75, 3.05) is 0 Å². The van der Waals surface area contributed by atoms with Crippen LogP contribution in [0.4, 0.5) is 0 Å². The summed E-state index contributed by atoms with van der Waals surface area (Å²) in [6.07, 6.45) is 0. The van der Waals surface area contributed by atoms with Crippen molar-refractivity contribution in [2.24, 2.45) is 0 Å². The van der Waals surface area contributed by atoms with Gasteiger partial charge in [-0.15, -0.1) is 0 Å². The SMILES string of the molecule is Ic1nc2cc(-c3nc4ccc(-c5ccccc5)cc4n3Cc3ccccc3)ccc2n1Cc1ccccc1. The van der Waals surface area contributed by atoms with Crippen molar-refractivity contribution in [2.45, 2.75) is 13.1 Å². The normalized spacial score (nSPS) is 11.4. The first-order valence-corrected chi connectivity index (χ1v) is 14.1. The Morgan fingerprint density at radius 1 is 0.487 bits per heavy atom. The maximum atomic E-state index is 5.14. The molecule has 0 saturated heterocycles. The van der Waals surface area contributed by atoms with E-state index in [1.165, 1.54) is 22.3 Å². The maximum Gasteiger partial charge on any atom is 0.172 e. The van der Waals surface area contributed by atoms with Gasteiger partial charge in [0.1, 0.15) is 5.82 Å². The lowest BCUT2D eigenvalue weighted by molar-refractivity contribution is 0.798. The molecule has 0 aliphatic carbocycles. The van der Waals surface area contributed by atoms with E-state index in [1.54, 1.807) is 0 Å². The molecule has 2 aromatic heterocycles. The lowest BCUT2D eigenvalue weighted by Crippen LogP contribution is -2.03. The van der Waals surface area contributed by atoms with E-state index in [9.17, 15) is 0 Å². The van der Waals surface area contributed by atoms with Crippen LogP contribution in [-0.2, 0) is 13.1 Å². The number of rotatable bonds is 6. The van der Waals surface area contributed by atoms with Gasteiger partial charge in [0.15, 0.2) is 3.83 Å². The summed E-state index contributed by atoms with van der Waals surface area (Å²) < 4.78 is 5.59. The molecular weight excluding hydrogens is 591 g/mol. The second-order valence-electron chi connectivity index (χ2n) is 9.73. The minimum absolute atomic E-state index is 0.739. The van der Waals surface area contributed by atoms with Crippen LogP contribution < -0.4 is 0 Å². The zero-order valence-corrected chi connectivity index (χ0v) is 23.4. The van der Waals surface area contributed by atoms with Crippen LogP contribution >= 0.6 is 22.6 Å². The van der Waals surface area contributed by atoms with Gasteiger partial charge in [0.2, 0.25) is 0 Å². The van der Waals surface area contributed by atoms with Crippen molar-refractivity contribution < 1.29 is 0 Å². The molecule has 188 valence electrons. The first-order valence-electron chi connectivity index (χ1n) is 13.0. The second-order valence-corrected chi connectivity index (χ2v) is 10.7. The number of halogens is 1. The van der Waals surface area contributed by atoms with Crippen LogP contribution in [0.5, 0.6) is 0 Å². The van der Waals surface area contributed by atoms with Gasteiger partial charge in [-0.2, -0.15) is 0 Å². The van der Waals surface area contributed by atoms with Crippen LogP contribution in [-0.4, -0.2) is 19.1 Å². The Morgan fingerprint density at radius 2 is 1.10 bits per heavy atom. The Morgan fingerprint density at radius 3 is 1.79 bits per heavy atom. The van der Waals surface area contributed by atoms with Crippen molar-refractivity contribution in [3.05, 3.63) is 142 Å². The summed E-state index contributed by atoms with van der Waals surface area (Å²) in [5.41, 5.74) is 10.2. The second kappa shape index (κ2) is 10.2. The molecule has 0 aliphatic rings. The molecule has 0 N–H and O–H groups in total. The fraction of sp³-hybridized carbons (Fsp3) is 0.0588. The fourth-order valence-corrected chi connectivity index (χ4v) is 5.93. The number of nitrogens with zero attached hydrogens (tertiary/aromatic N) is 4. The molecule has 0 unspecified atom stereocenters. The van der Waals surface area contributed by atoms with E-state index in [-0.39, 0.29) is 0 Å². The van der Waals surface area contributed by atoms with Gasteiger partial charge >= 0.3 is 0 Å². The van der Waals surface area contributed by atoms with E-state index in [1.807, 2.05) is 0 Å². The summed E-state index contributed by atoms with van der Waals surface area (Å²) in [6, 6.07) is 44.8. The predicted octanol–water partition coefficient (Wildman–Crippen LogP) is 8.42. The Labute approximate surface area is 240 Å². The van der Waals surface area contributed by atoms with Gasteiger partial charge < -0.3 is 9.13 Å². The lowest BCUT2D eigenvalue weighted by Gasteiger charge is -2.11. The number of aromatic nitrogens is 4. The predicted molar refractivity (Wildman–Crippen MR) is 168 cm³/mol. The molecule has 0 aliphatic heterocycles. The molecule has 0 fully saturated rings. The molecule has 0 spiro atoms. The van der Waals surface area contributed by atoms with Crippen molar-refractivity contribution in [1.82, 2.24) is 19.1 Å². The highest BCUT2D eigenvalue weighted by atomic mass is 127. The molecular formula is C34H25IN4. The third kappa shape index (κ3) is 4.63. The third-order valence-electron chi connectivity index (χ3n) is 7.18. The van der Waals surface area contributed by atoms with E-state index in [2.05, 4.69) is 159 Å². The summed E-state index contributed by atoms with van der Waals surface area (Å²) in [4.78, 5) is 10.1. The highest BCUT2D eigenvalue weighted by Gasteiger charge is 2.17. The van der Waals surface area contributed by atoms with Gasteiger partial charge in [0.25, 0.3) is 0 Å². The van der Waals surface area contributed by atoms with E-state index in [0.29, 0.717) is 0 Å². The molecule has 4 nitrogen and oxygen atoms in total. The number of fused-ring (bicyclic) bond motifs is 2. The molecule has 2 heterocycles. The quantitative estimate of drug-likeness (QED) is 0.176. The van der Waals surface area contributed by atoms with Gasteiger partial charge in [-0.05, 0) is 75.2 Å². The monoisotopic (exact) mass is 616 g/mol. The minimum Gasteiger partial charge on any atom is -0.319 e. The lowest BCUT2D eigenvalue weighted by atomic mass is 10.1. The van der Waals surface area contributed by atoms with E-state index < -0.39 is 0 Å². The van der Waals surface area contributed by atoms with Crippen LogP contribution in [0.15, 0.2) is 127 Å². The number of benzene rings is 5. The molecule has 5 heteroatoms. The van der Waals surface area contributed by atoms with Gasteiger partial charge in [0, 0.05) is 12.1 Å². The first-order chi connectivity index (χ1) is 19.2. The molecule has 7 rings (SSSR count). The summed E-state index contributed by atoms with van der Waals surface area (Å²) in [5, 5.41) is 0. The van der Waals surface area contributed by atoms with Gasteiger partial charge in [0.05, 0.1) is 28.6 Å². The molecule has 0 amide bonds. The fourth-order valence-electron chi connectivity index (χ4n) is 5.24. The zero-order valence-electron chi connectivity index (χ0n) is 21.2. The van der Waals surface area contributed by atoms with Crippen molar-refractivity contribution in [1.29, 1.82) is 0 Å². The van der Waals surface area contributed by atoms with Crippen LogP contribution in [0.3, 0.4) is 0 Å². The molecule has 0 atom stereocenters. The van der Waals surface area contributed by atoms with Crippen LogP contribution in [0.1, 0.15) is 11.1 Å². The number of hydrogen-bond donors (Lipinski definition) is 0. The van der Waals surface area contributed by atoms with Crippen LogP contribution in [0.2, 0.25) is 0 Å². The molecule has 0 saturated carbocycles. The minimum atomic E-state index is 0.739. The largest absolute Gasteiger partial charge is 0.319 e. The highest BCUT2D eigenvalue weighted by molar-refractivity contribution is 14.1. The van der Waals surface area contributed by atoms with Gasteiger partial charge in [-0.3, -0.25) is 0 Å². The summed E-state index contributed by atoms with van der Waals surface area (Å²) in [5.74, 6) is 0.952. The molecule has 39 heavy (non-hydrogen) atoms. The molecule has 0 radical (unpaired) electrons. The zero-order chi connectivity index (χ0) is 26.2. The van der Waals surface area contributed by atoms with Crippen LogP contribution in [0, 0.1) is 3.83 Å². The van der Waals surface area contributed by atoms with Crippen molar-refractivity contribution >= 4 is 44.7 Å². The van der Waals surface area contributed by atoms with Gasteiger partial charge in [-0.1, -0.05) is 97.1 Å². The summed E-state index contributed by atoms with van der Waals surface area (Å²) in [7, 11) is 0. The van der Waals surface area contributed by atoms with Crippen molar-refractivity contribution in [3.8, 4) is 22.5 Å².